The number of hydrogen-bond acceptors (Lipinski definition) is 1. The van der Waals surface area contributed by atoms with Crippen molar-refractivity contribution in [2.45, 2.75) is 45.2 Å². The van der Waals surface area contributed by atoms with Gasteiger partial charge in [0.2, 0.25) is 0 Å². The Kier molecular flexibility index (Phi) is 3.15. The van der Waals surface area contributed by atoms with Crippen LogP contribution in [0.3, 0.4) is 0 Å². The molecule has 7 heteroatoms. The van der Waals surface area contributed by atoms with Gasteiger partial charge in [-0.25, -0.2) is 13.2 Å². The second-order valence-corrected chi connectivity index (χ2v) is 7.43. The summed E-state index contributed by atoms with van der Waals surface area (Å²) >= 11 is 0. The Morgan fingerprint density at radius 3 is 2.32 bits per heavy atom. The van der Waals surface area contributed by atoms with Crippen LogP contribution in [0.5, 0.6) is 0 Å². The molecule has 0 amide bonds. The van der Waals surface area contributed by atoms with E-state index >= 15 is 0 Å². The molecule has 4 fully saturated rings. The van der Waals surface area contributed by atoms with Gasteiger partial charge in [0.25, 0.3) is 6.18 Å². The van der Waals surface area contributed by atoms with Crippen molar-refractivity contribution in [3.05, 3.63) is 12.0 Å². The zero-order chi connectivity index (χ0) is 13.6. The predicted molar refractivity (Wildman–Crippen MR) is 63.1 cm³/mol. The molecule has 114 valence electrons. The minimum atomic E-state index is -4.55. The van der Waals surface area contributed by atoms with E-state index in [1.54, 1.807) is 0 Å². The van der Waals surface area contributed by atoms with E-state index in [4.69, 9.17) is 0 Å². The third-order valence-corrected chi connectivity index (χ3v) is 6.50. The average molecular weight is 1070 g/mol. The van der Waals surface area contributed by atoms with Gasteiger partial charge in [-0.1, -0.05) is 43.4 Å². The number of aliphatic hydroxyl groups is 1. The molecule has 4 rings (SSSR count). The first-order chi connectivity index (χ1) is 8.81. The van der Waals surface area contributed by atoms with Crippen LogP contribution in [0.15, 0.2) is 0 Å². The monoisotopic (exact) mass is 1070 g/mol. The van der Waals surface area contributed by atoms with Gasteiger partial charge < -0.3 is 11.0 Å². The van der Waals surface area contributed by atoms with E-state index in [1.807, 2.05) is 0 Å². The van der Waals surface area contributed by atoms with Crippen LogP contribution in [0.4, 0.5) is 13.2 Å². The Labute approximate surface area is 111 Å². The molecule has 0 aromatic heterocycles. The molecule has 4 aliphatic rings. The fourth-order valence-corrected chi connectivity index (χ4v) is 6.16. The Morgan fingerprint density at radius 2 is 1.73 bits per heavy atom. The Balaban J connectivity index is 0.000000807. The summed E-state index contributed by atoms with van der Waals surface area (Å²) in [6, 6.07) is 0. The molecule has 0 heterocycles. The van der Waals surface area contributed by atoms with Crippen molar-refractivity contribution in [1.82, 2.24) is 0 Å². The van der Waals surface area contributed by atoms with Gasteiger partial charge in [0.05, 0.1) is 0 Å². The average Bonchev–Trinajstić information content (AvgIpc) is 3.00. The van der Waals surface area contributed by atoms with Gasteiger partial charge >= 0.3 is 0 Å². The molecule has 4 bridgehead atoms. The van der Waals surface area contributed by atoms with E-state index in [-0.39, 0.29) is 5.41 Å². The molecule has 0 aromatic rings. The van der Waals surface area contributed by atoms with Crippen molar-refractivity contribution in [2.75, 3.05) is 0 Å². The Hall–Kier alpha value is -3.25. The zero-order valence-electron chi connectivity index (χ0n) is 13.1. The molecule has 0 saturated heterocycles. The standard InChI is InChI=1S/C15H19F3O.3Rf/c1-14-5-9(10(6-14)13(19)15(16,17)18)11-7-2-3-8(4-7)12(11)14;;;/h7-8,10-12,19H,2-6H2,1H3;;;/q-2;;;. The summed E-state index contributed by atoms with van der Waals surface area (Å²) in [5.41, 5.74) is 0.0176. The molecular formula is C15H19F3ORf3-2. The second kappa shape index (κ2) is 4.12. The number of halogens is 3. The summed E-state index contributed by atoms with van der Waals surface area (Å²) in [6.07, 6.45) is -0.774. The van der Waals surface area contributed by atoms with Crippen LogP contribution in [-0.2, 0) is 0 Å². The fraction of sp³-hybridized carbons (Fsp3) is 0.867. The number of rotatable bonds is 1. The van der Waals surface area contributed by atoms with E-state index in [9.17, 15) is 18.3 Å². The molecule has 4 aliphatic carbocycles. The number of alkyl halides is 3. The first-order valence-corrected chi connectivity index (χ1v) is 7.30. The van der Waals surface area contributed by atoms with Crippen molar-refractivity contribution in [3.63, 3.8) is 0 Å². The summed E-state index contributed by atoms with van der Waals surface area (Å²) in [6.45, 7) is 2.15. The van der Waals surface area contributed by atoms with Gasteiger partial charge in [-0.15, -0.1) is 6.10 Å². The summed E-state index contributed by atoms with van der Waals surface area (Å²) < 4.78 is 38.3. The topological polar surface area (TPSA) is 20.2 Å². The molecule has 0 aliphatic heterocycles. The van der Waals surface area contributed by atoms with Crippen molar-refractivity contribution in [1.29, 1.82) is 0 Å². The molecule has 1 N–H and O–H groups in total. The Morgan fingerprint density at radius 1 is 1.14 bits per heavy atom. The molecule has 0 aromatic carbocycles. The SMILES string of the molecule is CC12C[C-](C([C-](O)C(F)(F)F)C1)C1C3CCC(C3)C12.[Rf].[Rf].[Rf]. The van der Waals surface area contributed by atoms with E-state index < -0.39 is 18.2 Å². The third-order valence-electron chi connectivity index (χ3n) is 6.50. The van der Waals surface area contributed by atoms with Gasteiger partial charge in [-0.2, -0.15) is 12.3 Å². The predicted octanol–water partition coefficient (Wildman–Crippen LogP) is 4.12. The van der Waals surface area contributed by atoms with Crippen LogP contribution in [0.2, 0.25) is 0 Å². The maximum absolute atomic E-state index is 12.8. The Bertz CT molecular complexity index is 419. The van der Waals surface area contributed by atoms with Crippen LogP contribution in [0, 0.1) is 47.0 Å². The van der Waals surface area contributed by atoms with E-state index in [1.165, 1.54) is 19.3 Å². The number of hydrogen-bond donors (Lipinski definition) is 1. The summed E-state index contributed by atoms with van der Waals surface area (Å²) in [4.78, 5) is 0. The maximum atomic E-state index is 12.8. The number of fused-ring (bicyclic) bond motifs is 9. The fourth-order valence-electron chi connectivity index (χ4n) is 6.16. The first-order valence-electron chi connectivity index (χ1n) is 7.30. The summed E-state index contributed by atoms with van der Waals surface area (Å²) in [7, 11) is 0. The summed E-state index contributed by atoms with van der Waals surface area (Å²) in [5.74, 6) is 2.67. The largest absolute Gasteiger partial charge is 0.557 e. The van der Waals surface area contributed by atoms with E-state index in [2.05, 4.69) is 6.92 Å². The zero-order valence-corrected chi connectivity index (χ0v) is 32.3. The van der Waals surface area contributed by atoms with Crippen molar-refractivity contribution in [2.24, 2.45) is 35.0 Å². The van der Waals surface area contributed by atoms with Crippen molar-refractivity contribution in [3.8, 4) is 0 Å². The quantitative estimate of drug-likeness (QED) is 0.310. The first kappa shape index (κ1) is 16.8. The van der Waals surface area contributed by atoms with Crippen LogP contribution in [-0.4, -0.2) is 11.3 Å². The maximum Gasteiger partial charge on any atom is 0.292 e. The molecule has 22 heavy (non-hydrogen) atoms. The van der Waals surface area contributed by atoms with E-state index in [0.717, 1.165) is 18.3 Å². The van der Waals surface area contributed by atoms with Gasteiger partial charge in [-0.05, 0) is 12.3 Å². The molecular weight excluding hydrogens is 1050 g/mol. The molecule has 6 atom stereocenters. The van der Waals surface area contributed by atoms with E-state index in [0.29, 0.717) is 24.2 Å². The molecule has 4 saturated carbocycles. The van der Waals surface area contributed by atoms with Gasteiger partial charge in [0.15, 0.2) is 0 Å². The molecule has 0 radical (unpaired) electrons. The normalized spacial score (nSPS) is 45.3. The van der Waals surface area contributed by atoms with Gasteiger partial charge in [0.1, 0.15) is 0 Å². The van der Waals surface area contributed by atoms with Crippen LogP contribution < -0.4 is 0 Å². The smallest absolute Gasteiger partial charge is 0.292 e. The minimum absolute atomic E-state index is 0. The number of aliphatic hydroxyl groups excluding tert-OH is 1. The van der Waals surface area contributed by atoms with Crippen molar-refractivity contribution >= 4 is 0 Å². The molecule has 6 unspecified atom stereocenters. The van der Waals surface area contributed by atoms with Gasteiger partial charge in [0, 0.05) is 0 Å². The van der Waals surface area contributed by atoms with Crippen LogP contribution in [0.1, 0.15) is 39.0 Å². The van der Waals surface area contributed by atoms with Crippen LogP contribution in [0.25, 0.3) is 0 Å². The molecule has 1 nitrogen and oxygen atoms in total. The van der Waals surface area contributed by atoms with Gasteiger partial charge in [-0.3, -0.25) is 5.92 Å². The van der Waals surface area contributed by atoms with Crippen LogP contribution >= 0.6 is 0 Å². The summed E-state index contributed by atoms with van der Waals surface area (Å²) in [5, 5.41) is 9.58. The second-order valence-electron chi connectivity index (χ2n) is 7.43. The third kappa shape index (κ3) is 1.55. The minimum Gasteiger partial charge on any atom is -0.557 e. The molecule has 0 spiro atoms. The van der Waals surface area contributed by atoms with Crippen molar-refractivity contribution < 1.29 is 18.3 Å².